The topological polar surface area (TPSA) is 57.5 Å². The Labute approximate surface area is 161 Å². The van der Waals surface area contributed by atoms with Crippen LogP contribution in [0.3, 0.4) is 0 Å². The number of fused-ring (bicyclic) bond motifs is 1. The molecular formula is C19H13ClF3NO4. The smallest absolute Gasteiger partial charge is 0.343 e. The van der Waals surface area contributed by atoms with E-state index in [0.717, 1.165) is 22.9 Å². The predicted molar refractivity (Wildman–Crippen MR) is 96.9 cm³/mol. The van der Waals surface area contributed by atoms with Crippen molar-refractivity contribution < 1.29 is 27.4 Å². The summed E-state index contributed by atoms with van der Waals surface area (Å²) < 4.78 is 52.8. The number of nitrogens with zero attached hydrogens (tertiary/aromatic N) is 1. The van der Waals surface area contributed by atoms with Gasteiger partial charge < -0.3 is 14.0 Å². The van der Waals surface area contributed by atoms with E-state index in [9.17, 15) is 22.8 Å². The molecule has 0 radical (unpaired) electrons. The molecule has 0 unspecified atom stereocenters. The maximum atomic E-state index is 14.1. The van der Waals surface area contributed by atoms with Crippen LogP contribution in [0.15, 0.2) is 35.3 Å². The number of benzene rings is 2. The minimum absolute atomic E-state index is 0.00524. The number of esters is 1. The number of carbonyl (C=O) groups is 1. The van der Waals surface area contributed by atoms with Crippen molar-refractivity contribution in [2.75, 3.05) is 13.7 Å². The first-order valence-corrected chi connectivity index (χ1v) is 8.41. The van der Waals surface area contributed by atoms with Gasteiger partial charge in [-0.25, -0.2) is 18.0 Å². The summed E-state index contributed by atoms with van der Waals surface area (Å²) in [5, 5.41) is -1.02. The number of carbonyl (C=O) groups excluding carboxylic acids is 1. The fraction of sp³-hybridized carbons (Fsp3) is 0.158. The van der Waals surface area contributed by atoms with Crippen molar-refractivity contribution in [3.05, 3.63) is 68.7 Å². The van der Waals surface area contributed by atoms with Crippen LogP contribution in [-0.2, 0) is 4.74 Å². The highest BCUT2D eigenvalue weighted by atomic mass is 35.5. The van der Waals surface area contributed by atoms with Crippen molar-refractivity contribution in [2.24, 2.45) is 0 Å². The van der Waals surface area contributed by atoms with Crippen LogP contribution in [0.4, 0.5) is 13.2 Å². The van der Waals surface area contributed by atoms with Crippen LogP contribution in [0.2, 0.25) is 5.02 Å². The van der Waals surface area contributed by atoms with Gasteiger partial charge in [-0.2, -0.15) is 0 Å². The highest BCUT2D eigenvalue weighted by molar-refractivity contribution is 6.35. The average molecular weight is 412 g/mol. The van der Waals surface area contributed by atoms with Gasteiger partial charge in [0.05, 0.1) is 30.3 Å². The van der Waals surface area contributed by atoms with Gasteiger partial charge in [-0.15, -0.1) is 0 Å². The molecule has 0 spiro atoms. The molecule has 3 rings (SSSR count). The molecule has 0 bridgehead atoms. The number of rotatable bonds is 4. The molecule has 146 valence electrons. The van der Waals surface area contributed by atoms with E-state index in [4.69, 9.17) is 21.1 Å². The summed E-state index contributed by atoms with van der Waals surface area (Å²) in [5.41, 5.74) is -1.37. The lowest BCUT2D eigenvalue weighted by Gasteiger charge is -2.17. The first-order valence-electron chi connectivity index (χ1n) is 8.04. The third-order valence-electron chi connectivity index (χ3n) is 4.02. The molecule has 0 fully saturated rings. The van der Waals surface area contributed by atoms with Gasteiger partial charge in [-0.05, 0) is 25.1 Å². The molecule has 0 N–H and O–H groups in total. The normalized spacial score (nSPS) is 10.9. The highest BCUT2D eigenvalue weighted by Crippen LogP contribution is 2.32. The summed E-state index contributed by atoms with van der Waals surface area (Å²) in [5.74, 6) is -4.27. The summed E-state index contributed by atoms with van der Waals surface area (Å²) in [6.45, 7) is 1.54. The average Bonchev–Trinajstić information content (AvgIpc) is 2.67. The van der Waals surface area contributed by atoms with Crippen molar-refractivity contribution in [3.63, 3.8) is 0 Å². The molecule has 0 saturated carbocycles. The van der Waals surface area contributed by atoms with Gasteiger partial charge in [0.1, 0.15) is 22.2 Å². The van der Waals surface area contributed by atoms with Crippen LogP contribution in [0.1, 0.15) is 17.3 Å². The quantitative estimate of drug-likeness (QED) is 0.476. The van der Waals surface area contributed by atoms with Crippen LogP contribution in [0.25, 0.3) is 16.6 Å². The Morgan fingerprint density at radius 2 is 1.93 bits per heavy atom. The number of aromatic nitrogens is 1. The number of hydrogen-bond acceptors (Lipinski definition) is 4. The zero-order chi connectivity index (χ0) is 20.6. The molecule has 0 aliphatic carbocycles. The SMILES string of the molecule is CCOC(=O)c1cn(-c2ccc(F)cc2OC)c2c(Cl)c(F)c(F)cc2c1=O. The number of pyridine rings is 1. The van der Waals surface area contributed by atoms with E-state index in [1.165, 1.54) is 13.2 Å². The Kier molecular flexibility index (Phi) is 5.33. The maximum Gasteiger partial charge on any atom is 0.343 e. The second-order valence-corrected chi connectivity index (χ2v) is 6.04. The van der Waals surface area contributed by atoms with Crippen molar-refractivity contribution in [2.45, 2.75) is 6.92 Å². The van der Waals surface area contributed by atoms with E-state index in [-0.39, 0.29) is 28.9 Å². The summed E-state index contributed by atoms with van der Waals surface area (Å²) in [7, 11) is 1.27. The third kappa shape index (κ3) is 3.20. The zero-order valence-electron chi connectivity index (χ0n) is 14.7. The summed E-state index contributed by atoms with van der Waals surface area (Å²) in [4.78, 5) is 24.9. The molecule has 3 aromatic rings. The van der Waals surface area contributed by atoms with Crippen LogP contribution in [-0.4, -0.2) is 24.3 Å². The van der Waals surface area contributed by atoms with Gasteiger partial charge in [-0.1, -0.05) is 11.6 Å². The second kappa shape index (κ2) is 7.55. The van der Waals surface area contributed by atoms with E-state index in [1.807, 2.05) is 0 Å². The standard InChI is InChI=1S/C19H13ClF3NO4/c1-3-28-19(26)11-8-24(13-5-4-9(21)6-14(13)27-2)17-10(18(11)25)7-12(22)16(23)15(17)20/h4-8H,3H2,1-2H3. The molecule has 0 saturated heterocycles. The maximum absolute atomic E-state index is 14.1. The molecule has 0 atom stereocenters. The molecule has 9 heteroatoms. The summed E-state index contributed by atoms with van der Waals surface area (Å²) in [6, 6.07) is 4.08. The van der Waals surface area contributed by atoms with Crippen molar-refractivity contribution in [1.29, 1.82) is 0 Å². The lowest BCUT2D eigenvalue weighted by molar-refractivity contribution is 0.0524. The van der Waals surface area contributed by atoms with Crippen LogP contribution in [0, 0.1) is 17.5 Å². The Bertz CT molecular complexity index is 1160. The predicted octanol–water partition coefficient (Wildman–Crippen LogP) is 4.25. The number of halogens is 4. The number of methoxy groups -OCH3 is 1. The van der Waals surface area contributed by atoms with E-state index >= 15 is 0 Å². The second-order valence-electron chi connectivity index (χ2n) is 5.66. The lowest BCUT2D eigenvalue weighted by atomic mass is 10.1. The first kappa shape index (κ1) is 19.8. The molecule has 28 heavy (non-hydrogen) atoms. The third-order valence-corrected chi connectivity index (χ3v) is 4.37. The van der Waals surface area contributed by atoms with Gasteiger partial charge >= 0.3 is 5.97 Å². The zero-order valence-corrected chi connectivity index (χ0v) is 15.4. The van der Waals surface area contributed by atoms with Gasteiger partial charge in [0.15, 0.2) is 11.6 Å². The van der Waals surface area contributed by atoms with Gasteiger partial charge in [0, 0.05) is 12.3 Å². The molecule has 0 aliphatic heterocycles. The van der Waals surface area contributed by atoms with Gasteiger partial charge in [0.2, 0.25) is 5.43 Å². The minimum atomic E-state index is -1.37. The largest absolute Gasteiger partial charge is 0.494 e. The Hall–Kier alpha value is -3.00. The number of ether oxygens (including phenoxy) is 2. The molecule has 1 heterocycles. The lowest BCUT2D eigenvalue weighted by Crippen LogP contribution is -2.21. The molecule has 1 aromatic heterocycles. The van der Waals surface area contributed by atoms with Crippen LogP contribution < -0.4 is 10.2 Å². The monoisotopic (exact) mass is 411 g/mol. The highest BCUT2D eigenvalue weighted by Gasteiger charge is 2.23. The Morgan fingerprint density at radius 1 is 1.21 bits per heavy atom. The molecule has 2 aromatic carbocycles. The Balaban J connectivity index is 2.51. The summed E-state index contributed by atoms with van der Waals surface area (Å²) in [6.07, 6.45) is 1.07. The van der Waals surface area contributed by atoms with Gasteiger partial charge in [0.25, 0.3) is 0 Å². The fourth-order valence-electron chi connectivity index (χ4n) is 2.79. The van der Waals surface area contributed by atoms with E-state index in [0.29, 0.717) is 6.07 Å². The van der Waals surface area contributed by atoms with E-state index < -0.39 is 39.4 Å². The van der Waals surface area contributed by atoms with Crippen molar-refractivity contribution in [1.82, 2.24) is 4.57 Å². The summed E-state index contributed by atoms with van der Waals surface area (Å²) >= 11 is 5.97. The Morgan fingerprint density at radius 3 is 2.57 bits per heavy atom. The van der Waals surface area contributed by atoms with E-state index in [1.54, 1.807) is 6.92 Å². The molecule has 0 aliphatic rings. The minimum Gasteiger partial charge on any atom is -0.494 e. The van der Waals surface area contributed by atoms with E-state index in [2.05, 4.69) is 0 Å². The fourth-order valence-corrected chi connectivity index (χ4v) is 3.07. The molecule has 0 amide bonds. The van der Waals surface area contributed by atoms with Crippen molar-refractivity contribution in [3.8, 4) is 11.4 Å². The van der Waals surface area contributed by atoms with Crippen LogP contribution >= 0.6 is 11.6 Å². The van der Waals surface area contributed by atoms with Gasteiger partial charge in [-0.3, -0.25) is 4.79 Å². The number of hydrogen-bond donors (Lipinski definition) is 0. The molecule has 5 nitrogen and oxygen atoms in total. The van der Waals surface area contributed by atoms with Crippen LogP contribution in [0.5, 0.6) is 5.75 Å². The first-order chi connectivity index (χ1) is 13.3. The molecular weight excluding hydrogens is 399 g/mol. The van der Waals surface area contributed by atoms with Crippen molar-refractivity contribution >= 4 is 28.5 Å².